The van der Waals surface area contributed by atoms with Crippen molar-refractivity contribution < 1.29 is 4.74 Å². The molecule has 1 aliphatic rings. The van der Waals surface area contributed by atoms with Gasteiger partial charge in [-0.2, -0.15) is 0 Å². The predicted octanol–water partition coefficient (Wildman–Crippen LogP) is 3.29. The molecule has 1 aromatic heterocycles. The van der Waals surface area contributed by atoms with Crippen molar-refractivity contribution in [2.75, 3.05) is 6.61 Å². The topological polar surface area (TPSA) is 22.1 Å². The maximum Gasteiger partial charge on any atom is 0.124 e. The maximum absolute atomic E-state index is 5.68. The number of rotatable bonds is 4. The highest BCUT2D eigenvalue weighted by molar-refractivity contribution is 7.09. The molecule has 2 nitrogen and oxygen atoms in total. The van der Waals surface area contributed by atoms with Gasteiger partial charge in [0.1, 0.15) is 10.6 Å². The van der Waals surface area contributed by atoms with E-state index in [9.17, 15) is 0 Å². The number of aromatic nitrogens is 1. The molecule has 1 heterocycles. The Labute approximate surface area is 89.3 Å². The van der Waals surface area contributed by atoms with E-state index in [-0.39, 0.29) is 5.60 Å². The van der Waals surface area contributed by atoms with E-state index in [0.717, 1.165) is 17.5 Å². The summed E-state index contributed by atoms with van der Waals surface area (Å²) < 4.78 is 5.68. The minimum atomic E-state index is -0.216. The smallest absolute Gasteiger partial charge is 0.124 e. The van der Waals surface area contributed by atoms with E-state index in [2.05, 4.69) is 24.2 Å². The fourth-order valence-electron chi connectivity index (χ4n) is 1.55. The number of hydrogen-bond acceptors (Lipinski definition) is 3. The summed E-state index contributed by atoms with van der Waals surface area (Å²) in [7, 11) is 0. The lowest BCUT2D eigenvalue weighted by molar-refractivity contribution is -0.0142. The molecule has 0 aromatic carbocycles. The Morgan fingerprint density at radius 3 is 2.86 bits per heavy atom. The van der Waals surface area contributed by atoms with Crippen LogP contribution in [0.5, 0.6) is 0 Å². The van der Waals surface area contributed by atoms with Crippen LogP contribution in [0.2, 0.25) is 0 Å². The van der Waals surface area contributed by atoms with Crippen molar-refractivity contribution in [1.29, 1.82) is 0 Å². The monoisotopic (exact) mass is 211 g/mol. The maximum atomic E-state index is 5.68. The molecular weight excluding hydrogens is 194 g/mol. The first kappa shape index (κ1) is 10.1. The Morgan fingerprint density at radius 2 is 2.29 bits per heavy atom. The van der Waals surface area contributed by atoms with Crippen molar-refractivity contribution in [2.45, 2.75) is 45.1 Å². The van der Waals surface area contributed by atoms with Gasteiger partial charge >= 0.3 is 0 Å². The predicted molar refractivity (Wildman–Crippen MR) is 58.7 cm³/mol. The molecule has 0 N–H and O–H groups in total. The molecule has 2 rings (SSSR count). The zero-order valence-electron chi connectivity index (χ0n) is 9.04. The van der Waals surface area contributed by atoms with Gasteiger partial charge in [0, 0.05) is 17.9 Å². The zero-order chi connectivity index (χ0) is 10.2. The summed E-state index contributed by atoms with van der Waals surface area (Å²) in [5.41, 5.74) is 1.06. The van der Waals surface area contributed by atoms with E-state index < -0.39 is 0 Å². The third-order valence-corrected chi connectivity index (χ3v) is 3.70. The van der Waals surface area contributed by atoms with Crippen LogP contribution in [0.15, 0.2) is 5.38 Å². The molecule has 0 spiro atoms. The first-order chi connectivity index (χ1) is 6.63. The molecule has 1 aliphatic carbocycles. The summed E-state index contributed by atoms with van der Waals surface area (Å²) >= 11 is 1.73. The second-order valence-electron chi connectivity index (χ2n) is 4.30. The first-order valence-electron chi connectivity index (χ1n) is 5.23. The van der Waals surface area contributed by atoms with Crippen molar-refractivity contribution in [1.82, 2.24) is 4.98 Å². The Kier molecular flexibility index (Phi) is 2.62. The van der Waals surface area contributed by atoms with Gasteiger partial charge in [0.05, 0.1) is 5.69 Å². The van der Waals surface area contributed by atoms with Crippen LogP contribution in [-0.4, -0.2) is 11.6 Å². The molecule has 0 radical (unpaired) electrons. The number of thiazole rings is 1. The summed E-state index contributed by atoms with van der Waals surface area (Å²) in [6.45, 7) is 6.94. The third kappa shape index (κ3) is 1.98. The van der Waals surface area contributed by atoms with Crippen LogP contribution < -0.4 is 0 Å². The Bertz CT molecular complexity index is 315. The van der Waals surface area contributed by atoms with E-state index in [0.29, 0.717) is 0 Å². The Hall–Kier alpha value is -0.410. The van der Waals surface area contributed by atoms with Gasteiger partial charge in [-0.25, -0.2) is 4.98 Å². The lowest BCUT2D eigenvalue weighted by Crippen LogP contribution is -2.21. The summed E-state index contributed by atoms with van der Waals surface area (Å²) in [4.78, 5) is 4.66. The minimum Gasteiger partial charge on any atom is -0.369 e. The average Bonchev–Trinajstić information content (AvgIpc) is 2.83. The standard InChI is InChI=1S/C11H17NOS/c1-4-13-11(2,3)10-12-9(7-14-10)8-5-6-8/h7-8H,4-6H2,1-3H3. The number of ether oxygens (including phenoxy) is 1. The number of nitrogens with zero attached hydrogens (tertiary/aromatic N) is 1. The normalized spacial score (nSPS) is 17.4. The summed E-state index contributed by atoms with van der Waals surface area (Å²) in [6.07, 6.45) is 2.64. The Morgan fingerprint density at radius 1 is 1.57 bits per heavy atom. The van der Waals surface area contributed by atoms with Crippen LogP contribution in [-0.2, 0) is 10.3 Å². The third-order valence-electron chi connectivity index (χ3n) is 2.54. The molecule has 0 atom stereocenters. The van der Waals surface area contributed by atoms with Crippen molar-refractivity contribution in [3.05, 3.63) is 16.1 Å². The molecule has 0 amide bonds. The van der Waals surface area contributed by atoms with Crippen molar-refractivity contribution in [3.8, 4) is 0 Å². The second-order valence-corrected chi connectivity index (χ2v) is 5.15. The molecule has 1 aromatic rings. The highest BCUT2D eigenvalue weighted by Gasteiger charge is 2.30. The quantitative estimate of drug-likeness (QED) is 0.762. The summed E-state index contributed by atoms with van der Waals surface area (Å²) in [6, 6.07) is 0. The molecule has 0 unspecified atom stereocenters. The van der Waals surface area contributed by atoms with Crippen LogP contribution in [0.25, 0.3) is 0 Å². The fraction of sp³-hybridized carbons (Fsp3) is 0.727. The number of hydrogen-bond donors (Lipinski definition) is 0. The van der Waals surface area contributed by atoms with Crippen LogP contribution in [0, 0.1) is 0 Å². The lowest BCUT2D eigenvalue weighted by Gasteiger charge is -2.21. The van der Waals surface area contributed by atoms with E-state index in [4.69, 9.17) is 4.74 Å². The molecule has 78 valence electrons. The van der Waals surface area contributed by atoms with Gasteiger partial charge in [-0.15, -0.1) is 11.3 Å². The minimum absolute atomic E-state index is 0.216. The van der Waals surface area contributed by atoms with Crippen LogP contribution in [0.4, 0.5) is 0 Å². The SMILES string of the molecule is CCOC(C)(C)c1nc(C2CC2)cs1. The van der Waals surface area contributed by atoms with Gasteiger partial charge in [0.15, 0.2) is 0 Å². The zero-order valence-corrected chi connectivity index (χ0v) is 9.86. The average molecular weight is 211 g/mol. The van der Waals surface area contributed by atoms with Crippen molar-refractivity contribution in [3.63, 3.8) is 0 Å². The highest BCUT2D eigenvalue weighted by Crippen LogP contribution is 2.41. The Balaban J connectivity index is 2.14. The molecule has 0 saturated heterocycles. The van der Waals surface area contributed by atoms with E-state index in [1.54, 1.807) is 11.3 Å². The second kappa shape index (κ2) is 3.63. The molecule has 0 bridgehead atoms. The van der Waals surface area contributed by atoms with Crippen molar-refractivity contribution in [2.24, 2.45) is 0 Å². The largest absolute Gasteiger partial charge is 0.369 e. The van der Waals surface area contributed by atoms with Gasteiger partial charge in [-0.3, -0.25) is 0 Å². The summed E-state index contributed by atoms with van der Waals surface area (Å²) in [5, 5.41) is 3.30. The van der Waals surface area contributed by atoms with Gasteiger partial charge in [-0.1, -0.05) is 0 Å². The van der Waals surface area contributed by atoms with Gasteiger partial charge in [-0.05, 0) is 33.6 Å². The first-order valence-corrected chi connectivity index (χ1v) is 6.11. The fourth-order valence-corrected chi connectivity index (χ4v) is 2.53. The molecule has 0 aliphatic heterocycles. The molecule has 1 fully saturated rings. The highest BCUT2D eigenvalue weighted by atomic mass is 32.1. The van der Waals surface area contributed by atoms with Crippen LogP contribution >= 0.6 is 11.3 Å². The van der Waals surface area contributed by atoms with E-state index in [1.807, 2.05) is 6.92 Å². The van der Waals surface area contributed by atoms with Gasteiger partial charge in [0.2, 0.25) is 0 Å². The van der Waals surface area contributed by atoms with Crippen molar-refractivity contribution >= 4 is 11.3 Å². The van der Waals surface area contributed by atoms with Crippen LogP contribution in [0.1, 0.15) is 50.2 Å². The lowest BCUT2D eigenvalue weighted by atomic mass is 10.1. The van der Waals surface area contributed by atoms with Gasteiger partial charge in [0.25, 0.3) is 0 Å². The van der Waals surface area contributed by atoms with Gasteiger partial charge < -0.3 is 4.74 Å². The molecule has 1 saturated carbocycles. The molecule has 3 heteroatoms. The summed E-state index contributed by atoms with van der Waals surface area (Å²) in [5.74, 6) is 0.748. The molecule has 14 heavy (non-hydrogen) atoms. The molecular formula is C11H17NOS. The van der Waals surface area contributed by atoms with Crippen LogP contribution in [0.3, 0.4) is 0 Å². The van der Waals surface area contributed by atoms with E-state index in [1.165, 1.54) is 18.5 Å². The van der Waals surface area contributed by atoms with E-state index >= 15 is 0 Å².